The molecule has 0 N–H and O–H groups in total. The highest BCUT2D eigenvalue weighted by molar-refractivity contribution is 9.10. The van der Waals surface area contributed by atoms with Crippen molar-refractivity contribution in [2.24, 2.45) is 0 Å². The van der Waals surface area contributed by atoms with Crippen LogP contribution in [0.4, 0.5) is 0 Å². The lowest BCUT2D eigenvalue weighted by atomic mass is 10.1. The van der Waals surface area contributed by atoms with Gasteiger partial charge in [0.1, 0.15) is 5.69 Å². The maximum atomic E-state index is 13.4. The first-order chi connectivity index (χ1) is 15.8. The number of nitrogens with zero attached hydrogens (tertiary/aromatic N) is 5. The van der Waals surface area contributed by atoms with Crippen LogP contribution in [0.25, 0.3) is 33.7 Å². The fourth-order valence-electron chi connectivity index (χ4n) is 3.58. The molecule has 5 aromatic rings. The van der Waals surface area contributed by atoms with Crippen molar-refractivity contribution in [3.63, 3.8) is 0 Å². The molecule has 0 fully saturated rings. The van der Waals surface area contributed by atoms with E-state index in [0.29, 0.717) is 21.2 Å². The summed E-state index contributed by atoms with van der Waals surface area (Å²) in [5.41, 5.74) is 4.92. The number of hydrogen-bond donors (Lipinski definition) is 0. The summed E-state index contributed by atoms with van der Waals surface area (Å²) in [5, 5.41) is 5.04. The van der Waals surface area contributed by atoms with Gasteiger partial charge in [-0.3, -0.25) is 9.97 Å². The lowest BCUT2D eigenvalue weighted by Crippen LogP contribution is -2.15. The van der Waals surface area contributed by atoms with Gasteiger partial charge >= 0.3 is 0 Å². The molecule has 0 spiro atoms. The Balaban J connectivity index is 1.66. The Morgan fingerprint density at radius 2 is 1.67 bits per heavy atom. The Hall–Kier alpha value is -3.43. The van der Waals surface area contributed by atoms with Crippen molar-refractivity contribution in [3.05, 3.63) is 88.8 Å². The van der Waals surface area contributed by atoms with Crippen LogP contribution in [0.2, 0.25) is 0 Å². The van der Waals surface area contributed by atoms with Crippen LogP contribution in [-0.2, 0) is 10.0 Å². The van der Waals surface area contributed by atoms with Crippen LogP contribution in [-0.4, -0.2) is 32.6 Å². The molecule has 33 heavy (non-hydrogen) atoms. The third kappa shape index (κ3) is 3.83. The molecule has 4 aromatic heterocycles. The second-order valence-corrected chi connectivity index (χ2v) is 10.3. The summed E-state index contributed by atoms with van der Waals surface area (Å²) in [7, 11) is -3.95. The molecule has 0 aliphatic carbocycles. The number of aromatic nitrogens is 5. The first-order valence-corrected chi connectivity index (χ1v) is 12.3. The van der Waals surface area contributed by atoms with E-state index in [1.165, 1.54) is 0 Å². The Kier molecular flexibility index (Phi) is 5.30. The van der Waals surface area contributed by atoms with Crippen molar-refractivity contribution in [1.29, 1.82) is 0 Å². The zero-order valence-electron chi connectivity index (χ0n) is 17.8. The van der Waals surface area contributed by atoms with Crippen LogP contribution < -0.4 is 0 Å². The molecule has 9 heteroatoms. The van der Waals surface area contributed by atoms with Crippen molar-refractivity contribution in [2.45, 2.75) is 18.7 Å². The van der Waals surface area contributed by atoms with Crippen LogP contribution in [0.1, 0.15) is 11.1 Å². The van der Waals surface area contributed by atoms with Crippen molar-refractivity contribution >= 4 is 37.0 Å². The third-order valence-corrected chi connectivity index (χ3v) is 7.31. The quantitative estimate of drug-likeness (QED) is 0.325. The SMILES string of the molecule is Cc1ccc(S(=O)(=O)n2nc(-c3ccc(-c4ncccc4C)cn3)c3cc(Br)cnc32)cc1. The lowest BCUT2D eigenvalue weighted by molar-refractivity contribution is 0.582. The van der Waals surface area contributed by atoms with Gasteiger partial charge in [0.25, 0.3) is 10.0 Å². The van der Waals surface area contributed by atoms with E-state index in [-0.39, 0.29) is 10.5 Å². The van der Waals surface area contributed by atoms with Crippen LogP contribution >= 0.6 is 15.9 Å². The minimum atomic E-state index is -3.95. The lowest BCUT2D eigenvalue weighted by Gasteiger charge is -2.06. The van der Waals surface area contributed by atoms with E-state index in [1.807, 2.05) is 38.1 Å². The van der Waals surface area contributed by atoms with Crippen molar-refractivity contribution < 1.29 is 8.42 Å². The van der Waals surface area contributed by atoms with Gasteiger partial charge in [0.2, 0.25) is 0 Å². The number of benzene rings is 1. The van der Waals surface area contributed by atoms with Crippen LogP contribution in [0.15, 0.2) is 82.6 Å². The zero-order chi connectivity index (χ0) is 23.2. The first kappa shape index (κ1) is 21.4. The second-order valence-electron chi connectivity index (χ2n) is 7.64. The summed E-state index contributed by atoms with van der Waals surface area (Å²) in [6.07, 6.45) is 5.01. The third-order valence-electron chi connectivity index (χ3n) is 5.30. The molecule has 4 heterocycles. The molecule has 0 radical (unpaired) electrons. The number of pyridine rings is 3. The number of aryl methyl sites for hydroxylation is 2. The smallest absolute Gasteiger partial charge is 0.256 e. The van der Waals surface area contributed by atoms with Gasteiger partial charge in [-0.15, -0.1) is 4.09 Å². The maximum Gasteiger partial charge on any atom is 0.284 e. The van der Waals surface area contributed by atoms with E-state index in [4.69, 9.17) is 0 Å². The summed E-state index contributed by atoms with van der Waals surface area (Å²) in [5.74, 6) is 0. The van der Waals surface area contributed by atoms with E-state index < -0.39 is 10.0 Å². The van der Waals surface area contributed by atoms with Gasteiger partial charge in [-0.1, -0.05) is 23.8 Å². The summed E-state index contributed by atoms with van der Waals surface area (Å²) in [4.78, 5) is 13.5. The molecule has 0 saturated carbocycles. The Morgan fingerprint density at radius 1 is 0.879 bits per heavy atom. The number of hydrogen-bond acceptors (Lipinski definition) is 6. The fraction of sp³-hybridized carbons (Fsp3) is 0.0833. The van der Waals surface area contributed by atoms with E-state index in [9.17, 15) is 8.42 Å². The van der Waals surface area contributed by atoms with Crippen molar-refractivity contribution in [3.8, 4) is 22.6 Å². The second kappa shape index (κ2) is 8.17. The summed E-state index contributed by atoms with van der Waals surface area (Å²) in [6.45, 7) is 3.89. The topological polar surface area (TPSA) is 90.6 Å². The van der Waals surface area contributed by atoms with E-state index in [1.54, 1.807) is 48.9 Å². The molecular weight excluding hydrogens is 502 g/mol. The molecule has 0 bridgehead atoms. The Morgan fingerprint density at radius 3 is 2.36 bits per heavy atom. The molecule has 0 unspecified atom stereocenters. The molecule has 0 saturated heterocycles. The highest BCUT2D eigenvalue weighted by Crippen LogP contribution is 2.31. The van der Waals surface area contributed by atoms with Gasteiger partial charge < -0.3 is 0 Å². The number of halogens is 1. The van der Waals surface area contributed by atoms with Crippen LogP contribution in [0.3, 0.4) is 0 Å². The largest absolute Gasteiger partial charge is 0.284 e. The predicted octanol–water partition coefficient (Wildman–Crippen LogP) is 5.17. The van der Waals surface area contributed by atoms with E-state index in [0.717, 1.165) is 26.5 Å². The molecule has 164 valence electrons. The minimum absolute atomic E-state index is 0.141. The number of rotatable bonds is 4. The Bertz CT molecular complexity index is 1600. The molecular formula is C24H18BrN5O2S. The highest BCUT2D eigenvalue weighted by atomic mass is 79.9. The predicted molar refractivity (Wildman–Crippen MR) is 130 cm³/mol. The molecule has 0 atom stereocenters. The van der Waals surface area contributed by atoms with Gasteiger partial charge in [0.15, 0.2) is 5.65 Å². The first-order valence-electron chi connectivity index (χ1n) is 10.1. The minimum Gasteiger partial charge on any atom is -0.256 e. The summed E-state index contributed by atoms with van der Waals surface area (Å²) >= 11 is 3.42. The fourth-order valence-corrected chi connectivity index (χ4v) is 5.15. The molecule has 5 rings (SSSR count). The molecule has 0 amide bonds. The summed E-state index contributed by atoms with van der Waals surface area (Å²) < 4.78 is 28.5. The standard InChI is InChI=1S/C24H18BrN5O2S/c1-15-5-8-19(9-6-15)33(31,32)30-24-20(12-18(25)14-28-24)23(29-30)21-10-7-17(13-27-21)22-16(2)4-3-11-26-22/h3-14H,1-2H3. The zero-order valence-corrected chi connectivity index (χ0v) is 20.2. The van der Waals surface area contributed by atoms with Gasteiger partial charge in [-0.05, 0) is 71.7 Å². The summed E-state index contributed by atoms with van der Waals surface area (Å²) in [6, 6.07) is 16.0. The molecule has 0 aliphatic rings. The molecule has 1 aromatic carbocycles. The van der Waals surface area contributed by atoms with Crippen molar-refractivity contribution in [1.82, 2.24) is 24.1 Å². The normalized spacial score (nSPS) is 11.7. The monoisotopic (exact) mass is 519 g/mol. The average Bonchev–Trinajstić information content (AvgIpc) is 3.19. The van der Waals surface area contributed by atoms with Gasteiger partial charge in [-0.2, -0.15) is 13.5 Å². The van der Waals surface area contributed by atoms with Gasteiger partial charge in [-0.25, -0.2) is 4.98 Å². The number of fused-ring (bicyclic) bond motifs is 1. The average molecular weight is 520 g/mol. The molecule has 7 nitrogen and oxygen atoms in total. The van der Waals surface area contributed by atoms with Gasteiger partial charge in [0.05, 0.1) is 21.7 Å². The highest BCUT2D eigenvalue weighted by Gasteiger charge is 2.25. The van der Waals surface area contributed by atoms with E-state index >= 15 is 0 Å². The van der Waals surface area contributed by atoms with Gasteiger partial charge in [0, 0.05) is 28.6 Å². The van der Waals surface area contributed by atoms with E-state index in [2.05, 4.69) is 36.0 Å². The molecule has 0 aliphatic heterocycles. The van der Waals surface area contributed by atoms with Crippen LogP contribution in [0, 0.1) is 13.8 Å². The maximum absolute atomic E-state index is 13.4. The van der Waals surface area contributed by atoms with Crippen LogP contribution in [0.5, 0.6) is 0 Å². The van der Waals surface area contributed by atoms with Crippen molar-refractivity contribution in [2.75, 3.05) is 0 Å². The Labute approximate surface area is 199 Å².